The highest BCUT2D eigenvalue weighted by molar-refractivity contribution is 5.84. The van der Waals surface area contributed by atoms with Crippen molar-refractivity contribution in [2.75, 3.05) is 13.2 Å². The molecule has 0 aromatic rings. The number of carbonyl (C=O) groups excluding carboxylic acids is 1. The van der Waals surface area contributed by atoms with Crippen molar-refractivity contribution < 1.29 is 35.4 Å². The molecule has 0 saturated carbocycles. The van der Waals surface area contributed by atoms with Crippen molar-refractivity contribution in [1.82, 2.24) is 0 Å². The van der Waals surface area contributed by atoms with Gasteiger partial charge in [-0.2, -0.15) is 0 Å². The summed E-state index contributed by atoms with van der Waals surface area (Å²) in [5, 5.41) is 52.7. The molecule has 6 N–H and O–H groups in total. The number of carbonyl (C=O) groups is 1. The van der Waals surface area contributed by atoms with E-state index in [9.17, 15) is 4.79 Å². The zero-order valence-corrected chi connectivity index (χ0v) is 7.32. The molecule has 0 unspecified atom stereocenters. The largest absolute Gasteiger partial charge is 0.394 e. The highest BCUT2D eigenvalue weighted by Crippen LogP contribution is 2.05. The predicted molar refractivity (Wildman–Crippen MR) is 43.2 cm³/mol. The normalized spacial score (nSPS) is 19.9. The van der Waals surface area contributed by atoms with Gasteiger partial charge in [-0.15, -0.1) is 0 Å². The zero-order chi connectivity index (χ0) is 11.3. The lowest BCUT2D eigenvalue weighted by Crippen LogP contribution is -2.49. The van der Waals surface area contributed by atoms with Crippen molar-refractivity contribution in [3.8, 4) is 0 Å². The Morgan fingerprint density at radius 3 is 1.86 bits per heavy atom. The number of Topliss-reactive ketones (excluding diaryl/α,β-unsaturated/α-hetero) is 1. The Labute approximate surface area is 79.9 Å². The molecular formula is C7H14O7. The second-order valence-electron chi connectivity index (χ2n) is 2.80. The van der Waals surface area contributed by atoms with E-state index in [0.29, 0.717) is 0 Å². The van der Waals surface area contributed by atoms with Gasteiger partial charge in [0.15, 0.2) is 5.78 Å². The van der Waals surface area contributed by atoms with Crippen molar-refractivity contribution in [1.29, 1.82) is 0 Å². The summed E-state index contributed by atoms with van der Waals surface area (Å²) >= 11 is 0. The molecule has 7 heteroatoms. The van der Waals surface area contributed by atoms with Crippen LogP contribution in [0.25, 0.3) is 0 Å². The third kappa shape index (κ3) is 3.29. The summed E-state index contributed by atoms with van der Waals surface area (Å²) in [7, 11) is 0. The Hall–Kier alpha value is -0.570. The molecule has 84 valence electrons. The third-order valence-electron chi connectivity index (χ3n) is 1.74. The summed E-state index contributed by atoms with van der Waals surface area (Å²) in [5.74, 6) is -1.08. The molecule has 14 heavy (non-hydrogen) atoms. The topological polar surface area (TPSA) is 138 Å². The SMILES string of the molecule is O=C(CO)[C@@H](O)[C@@H](O)[C@H](O)[C@H](O)[13CH2]O. The van der Waals surface area contributed by atoms with Gasteiger partial charge in [-0.05, 0) is 0 Å². The van der Waals surface area contributed by atoms with Crippen molar-refractivity contribution in [2.45, 2.75) is 24.4 Å². The van der Waals surface area contributed by atoms with Crippen LogP contribution in [-0.4, -0.2) is 74.1 Å². The van der Waals surface area contributed by atoms with Crippen LogP contribution in [0, 0.1) is 0 Å². The maximum atomic E-state index is 10.7. The minimum atomic E-state index is -1.99. The Morgan fingerprint density at radius 2 is 1.50 bits per heavy atom. The Morgan fingerprint density at radius 1 is 1.00 bits per heavy atom. The van der Waals surface area contributed by atoms with E-state index < -0.39 is 43.4 Å². The van der Waals surface area contributed by atoms with Crippen LogP contribution >= 0.6 is 0 Å². The van der Waals surface area contributed by atoms with Gasteiger partial charge in [0, 0.05) is 0 Å². The first-order valence-electron chi connectivity index (χ1n) is 3.92. The van der Waals surface area contributed by atoms with E-state index in [2.05, 4.69) is 0 Å². The molecule has 0 aromatic carbocycles. The molecular weight excluding hydrogens is 197 g/mol. The van der Waals surface area contributed by atoms with Gasteiger partial charge in [-0.25, -0.2) is 0 Å². The summed E-state index contributed by atoms with van der Waals surface area (Å²) in [6, 6.07) is 0. The van der Waals surface area contributed by atoms with Crippen LogP contribution in [0.2, 0.25) is 0 Å². The van der Waals surface area contributed by atoms with Crippen molar-refractivity contribution in [3.63, 3.8) is 0 Å². The van der Waals surface area contributed by atoms with Crippen molar-refractivity contribution >= 4 is 5.78 Å². The lowest BCUT2D eigenvalue weighted by atomic mass is 10.0. The minimum absolute atomic E-state index is 0.821. The van der Waals surface area contributed by atoms with E-state index in [-0.39, 0.29) is 0 Å². The summed E-state index contributed by atoms with van der Waals surface area (Å²) < 4.78 is 0. The molecule has 0 fully saturated rings. The third-order valence-corrected chi connectivity index (χ3v) is 1.74. The first-order chi connectivity index (χ1) is 6.45. The predicted octanol–water partition coefficient (Wildman–Crippen LogP) is -4.02. The van der Waals surface area contributed by atoms with E-state index in [4.69, 9.17) is 30.6 Å². The monoisotopic (exact) mass is 211 g/mol. The Balaban J connectivity index is 4.30. The van der Waals surface area contributed by atoms with Gasteiger partial charge in [0.05, 0.1) is 6.61 Å². The fourth-order valence-corrected chi connectivity index (χ4v) is 0.806. The van der Waals surface area contributed by atoms with Crippen LogP contribution in [0.15, 0.2) is 0 Å². The summed E-state index contributed by atoms with van der Waals surface area (Å²) in [6.45, 7) is -1.81. The van der Waals surface area contributed by atoms with Crippen LogP contribution in [0.4, 0.5) is 0 Å². The van der Waals surface area contributed by atoms with Gasteiger partial charge < -0.3 is 30.6 Å². The number of rotatable bonds is 6. The van der Waals surface area contributed by atoms with Crippen LogP contribution in [-0.2, 0) is 4.79 Å². The van der Waals surface area contributed by atoms with Gasteiger partial charge in [0.25, 0.3) is 0 Å². The number of ketones is 1. The summed E-state index contributed by atoms with van der Waals surface area (Å²) in [6.07, 6.45) is -7.45. The van der Waals surface area contributed by atoms with Gasteiger partial charge in [-0.3, -0.25) is 4.79 Å². The number of aliphatic hydroxyl groups is 6. The van der Waals surface area contributed by atoms with Gasteiger partial charge >= 0.3 is 0 Å². The molecule has 0 bridgehead atoms. The minimum Gasteiger partial charge on any atom is -0.394 e. The molecule has 0 saturated heterocycles. The highest BCUT2D eigenvalue weighted by Gasteiger charge is 2.33. The fraction of sp³-hybridized carbons (Fsp3) is 0.857. The Kier molecular flexibility index (Phi) is 5.77. The second kappa shape index (κ2) is 6.02. The molecule has 7 nitrogen and oxygen atoms in total. The first kappa shape index (κ1) is 13.4. The Bertz CT molecular complexity index is 183. The molecule has 0 aromatic heterocycles. The van der Waals surface area contributed by atoms with Crippen LogP contribution < -0.4 is 0 Å². The maximum Gasteiger partial charge on any atom is 0.189 e. The van der Waals surface area contributed by atoms with E-state index in [0.717, 1.165) is 0 Å². The van der Waals surface area contributed by atoms with Crippen molar-refractivity contribution in [2.24, 2.45) is 0 Å². The molecule has 0 spiro atoms. The smallest absolute Gasteiger partial charge is 0.189 e. The lowest BCUT2D eigenvalue weighted by Gasteiger charge is -2.24. The molecule has 0 rings (SSSR count). The highest BCUT2D eigenvalue weighted by atomic mass is 16.4. The summed E-state index contributed by atoms with van der Waals surface area (Å²) in [4.78, 5) is 10.7. The van der Waals surface area contributed by atoms with Crippen LogP contribution in [0.1, 0.15) is 0 Å². The molecule has 0 aliphatic heterocycles. The quantitative estimate of drug-likeness (QED) is 0.246. The maximum absolute atomic E-state index is 10.7. The van der Waals surface area contributed by atoms with E-state index in [1.165, 1.54) is 0 Å². The molecule has 4 atom stereocenters. The number of aliphatic hydroxyl groups excluding tert-OH is 6. The molecule has 0 heterocycles. The molecule has 0 aliphatic rings. The van der Waals surface area contributed by atoms with Crippen LogP contribution in [0.3, 0.4) is 0 Å². The zero-order valence-electron chi connectivity index (χ0n) is 7.32. The average Bonchev–Trinajstić information content (AvgIpc) is 2.23. The molecule has 0 amide bonds. The lowest BCUT2D eigenvalue weighted by molar-refractivity contribution is -0.149. The number of hydrogen-bond acceptors (Lipinski definition) is 7. The van der Waals surface area contributed by atoms with Gasteiger partial charge in [-0.1, -0.05) is 0 Å². The summed E-state index contributed by atoms with van der Waals surface area (Å²) in [5.41, 5.74) is 0. The fourth-order valence-electron chi connectivity index (χ4n) is 0.806. The first-order valence-corrected chi connectivity index (χ1v) is 3.92. The van der Waals surface area contributed by atoms with E-state index in [1.54, 1.807) is 0 Å². The van der Waals surface area contributed by atoms with Gasteiger partial charge in [0.2, 0.25) is 0 Å². The van der Waals surface area contributed by atoms with Crippen LogP contribution in [0.5, 0.6) is 0 Å². The number of hydrogen-bond donors (Lipinski definition) is 6. The van der Waals surface area contributed by atoms with E-state index >= 15 is 0 Å². The average molecular weight is 211 g/mol. The van der Waals surface area contributed by atoms with Crippen molar-refractivity contribution in [3.05, 3.63) is 0 Å². The molecule has 0 aliphatic carbocycles. The standard InChI is InChI=1S/C7H14O7/c8-1-3(10)5(12)7(14)6(13)4(11)2-9/h3,5-10,12-14H,1-2H2/t3-,5-,6-,7+/m1/s1/i1+1. The van der Waals surface area contributed by atoms with Gasteiger partial charge in [0.1, 0.15) is 31.0 Å². The second-order valence-corrected chi connectivity index (χ2v) is 2.80. The van der Waals surface area contributed by atoms with E-state index in [1.807, 2.05) is 0 Å². The molecule has 0 radical (unpaired) electrons.